The highest BCUT2D eigenvalue weighted by Crippen LogP contribution is 2.25. The van der Waals surface area contributed by atoms with E-state index in [2.05, 4.69) is 13.8 Å². The minimum Gasteiger partial charge on any atom is -0.490 e. The summed E-state index contributed by atoms with van der Waals surface area (Å²) >= 11 is 0. The highest BCUT2D eigenvalue weighted by atomic mass is 32.2. The SMILES string of the molecule is CCCCCCCCCCCCCCCC(=O)OCCOc1ccc(S(=O)(=O)c2ccc(OCCOC(=O)CCCCCCCCCCCCCCC)cc2)cc1. The lowest BCUT2D eigenvalue weighted by Crippen LogP contribution is -2.12. The number of hydrogen-bond acceptors (Lipinski definition) is 8. The van der Waals surface area contributed by atoms with Crippen LogP contribution in [0.4, 0.5) is 0 Å². The number of benzene rings is 2. The molecular weight excluding hydrogens is 737 g/mol. The van der Waals surface area contributed by atoms with Gasteiger partial charge in [-0.3, -0.25) is 9.59 Å². The van der Waals surface area contributed by atoms with E-state index >= 15 is 0 Å². The van der Waals surface area contributed by atoms with Gasteiger partial charge in [0.05, 0.1) is 9.79 Å². The molecule has 0 unspecified atom stereocenters. The molecule has 0 fully saturated rings. The summed E-state index contributed by atoms with van der Waals surface area (Å²) in [7, 11) is -3.74. The summed E-state index contributed by atoms with van der Waals surface area (Å²) in [5.74, 6) is 0.572. The molecule has 57 heavy (non-hydrogen) atoms. The molecule has 2 aromatic carbocycles. The van der Waals surface area contributed by atoms with Crippen LogP contribution in [0.5, 0.6) is 11.5 Å². The predicted octanol–water partition coefficient (Wildman–Crippen LogP) is 13.3. The number of esters is 2. The van der Waals surface area contributed by atoms with Gasteiger partial charge in [0, 0.05) is 12.8 Å². The van der Waals surface area contributed by atoms with Crippen LogP contribution in [-0.4, -0.2) is 46.8 Å². The summed E-state index contributed by atoms with van der Waals surface area (Å²) in [6.45, 7) is 5.19. The van der Waals surface area contributed by atoms with Gasteiger partial charge in [-0.05, 0) is 61.4 Å². The lowest BCUT2D eigenvalue weighted by atomic mass is 10.0. The van der Waals surface area contributed by atoms with Crippen molar-refractivity contribution in [3.8, 4) is 11.5 Å². The Labute approximate surface area is 347 Å². The van der Waals surface area contributed by atoms with Crippen molar-refractivity contribution in [1.29, 1.82) is 0 Å². The Balaban J connectivity index is 1.50. The normalized spacial score (nSPS) is 11.4. The second-order valence-electron chi connectivity index (χ2n) is 15.6. The quantitative estimate of drug-likeness (QED) is 0.0487. The number of sulfone groups is 1. The third-order valence-electron chi connectivity index (χ3n) is 10.5. The lowest BCUT2D eigenvalue weighted by Gasteiger charge is -2.10. The number of carbonyl (C=O) groups is 2. The molecule has 0 bridgehead atoms. The zero-order valence-electron chi connectivity index (χ0n) is 35.9. The summed E-state index contributed by atoms with van der Waals surface area (Å²) in [6.07, 6.45) is 33.7. The van der Waals surface area contributed by atoms with Gasteiger partial charge in [0.25, 0.3) is 0 Å². The number of hydrogen-bond donors (Lipinski definition) is 0. The smallest absolute Gasteiger partial charge is 0.305 e. The van der Waals surface area contributed by atoms with Crippen LogP contribution in [0.3, 0.4) is 0 Å². The summed E-state index contributed by atoms with van der Waals surface area (Å²) in [5, 5.41) is 0. The van der Waals surface area contributed by atoms with Gasteiger partial charge in [0.15, 0.2) is 0 Å². The molecule has 0 atom stereocenters. The molecule has 0 heterocycles. The van der Waals surface area contributed by atoms with Gasteiger partial charge in [-0.25, -0.2) is 8.42 Å². The number of ether oxygens (including phenoxy) is 4. The first-order chi connectivity index (χ1) is 27.9. The number of carbonyl (C=O) groups excluding carboxylic acids is 2. The molecule has 0 aliphatic carbocycles. The maximum Gasteiger partial charge on any atom is 0.305 e. The van der Waals surface area contributed by atoms with E-state index in [1.54, 1.807) is 24.3 Å². The van der Waals surface area contributed by atoms with E-state index in [-0.39, 0.29) is 48.2 Å². The van der Waals surface area contributed by atoms with Crippen molar-refractivity contribution in [3.05, 3.63) is 48.5 Å². The molecular formula is C48H78O8S. The average molecular weight is 815 g/mol. The summed E-state index contributed by atoms with van der Waals surface area (Å²) in [6, 6.07) is 12.4. The third kappa shape index (κ3) is 25.8. The van der Waals surface area contributed by atoms with E-state index in [1.807, 2.05) is 0 Å². The van der Waals surface area contributed by atoms with Gasteiger partial charge in [-0.1, -0.05) is 168 Å². The predicted molar refractivity (Wildman–Crippen MR) is 232 cm³/mol. The van der Waals surface area contributed by atoms with Crippen LogP contribution >= 0.6 is 0 Å². The molecule has 0 aromatic heterocycles. The van der Waals surface area contributed by atoms with Crippen LogP contribution in [0.2, 0.25) is 0 Å². The second kappa shape index (κ2) is 33.9. The molecule has 0 aliphatic heterocycles. The van der Waals surface area contributed by atoms with E-state index < -0.39 is 9.84 Å². The van der Waals surface area contributed by atoms with Crippen LogP contribution < -0.4 is 9.47 Å². The van der Waals surface area contributed by atoms with Gasteiger partial charge in [0.2, 0.25) is 9.84 Å². The molecule has 8 nitrogen and oxygen atoms in total. The van der Waals surface area contributed by atoms with Crippen molar-refractivity contribution in [3.63, 3.8) is 0 Å². The van der Waals surface area contributed by atoms with Crippen LogP contribution in [-0.2, 0) is 28.9 Å². The van der Waals surface area contributed by atoms with Crippen molar-refractivity contribution in [1.82, 2.24) is 0 Å². The fraction of sp³-hybridized carbons (Fsp3) is 0.708. The van der Waals surface area contributed by atoms with Crippen LogP contribution in [0.1, 0.15) is 194 Å². The Morgan fingerprint density at radius 2 is 0.649 bits per heavy atom. The lowest BCUT2D eigenvalue weighted by molar-refractivity contribution is -0.145. The Morgan fingerprint density at radius 1 is 0.386 bits per heavy atom. The van der Waals surface area contributed by atoms with Crippen molar-refractivity contribution in [2.45, 2.75) is 203 Å². The fourth-order valence-electron chi connectivity index (χ4n) is 6.91. The molecule has 0 N–H and O–H groups in total. The van der Waals surface area contributed by atoms with Gasteiger partial charge >= 0.3 is 11.9 Å². The first kappa shape index (κ1) is 50.1. The minimum atomic E-state index is -3.74. The van der Waals surface area contributed by atoms with Crippen LogP contribution in [0.15, 0.2) is 58.3 Å². The molecule has 0 spiro atoms. The Morgan fingerprint density at radius 3 is 0.930 bits per heavy atom. The van der Waals surface area contributed by atoms with Crippen LogP contribution in [0.25, 0.3) is 0 Å². The first-order valence-corrected chi connectivity index (χ1v) is 24.4. The molecule has 0 radical (unpaired) electrons. The van der Waals surface area contributed by atoms with Crippen molar-refractivity contribution in [2.24, 2.45) is 0 Å². The zero-order chi connectivity index (χ0) is 41.1. The molecule has 0 aliphatic rings. The number of rotatable bonds is 38. The maximum absolute atomic E-state index is 13.2. The van der Waals surface area contributed by atoms with E-state index in [0.29, 0.717) is 24.3 Å². The largest absolute Gasteiger partial charge is 0.490 e. The molecule has 2 rings (SSSR count). The van der Waals surface area contributed by atoms with Gasteiger partial charge in [0.1, 0.15) is 37.9 Å². The van der Waals surface area contributed by atoms with E-state index in [1.165, 1.54) is 153 Å². The summed E-state index contributed by atoms with van der Waals surface area (Å²) in [4.78, 5) is 24.5. The summed E-state index contributed by atoms with van der Waals surface area (Å²) < 4.78 is 48.4. The van der Waals surface area contributed by atoms with Gasteiger partial charge in [-0.2, -0.15) is 0 Å². The minimum absolute atomic E-state index is 0.142. The Kier molecular flexibility index (Phi) is 29.7. The average Bonchev–Trinajstić information content (AvgIpc) is 3.22. The zero-order valence-corrected chi connectivity index (χ0v) is 36.7. The van der Waals surface area contributed by atoms with E-state index in [9.17, 15) is 18.0 Å². The Hall–Kier alpha value is -3.07. The molecule has 324 valence electrons. The van der Waals surface area contributed by atoms with Crippen LogP contribution in [0, 0.1) is 0 Å². The maximum atomic E-state index is 13.2. The van der Waals surface area contributed by atoms with E-state index in [0.717, 1.165) is 38.5 Å². The monoisotopic (exact) mass is 815 g/mol. The first-order valence-electron chi connectivity index (χ1n) is 22.9. The molecule has 0 amide bonds. The highest BCUT2D eigenvalue weighted by molar-refractivity contribution is 7.91. The molecule has 2 aromatic rings. The highest BCUT2D eigenvalue weighted by Gasteiger charge is 2.18. The molecule has 9 heteroatoms. The topological polar surface area (TPSA) is 105 Å². The standard InChI is InChI=1S/C48H78O8S/c1-3-5-7-9-11-13-15-17-19-21-23-25-27-29-47(49)55-41-39-53-43-31-35-45(36-32-43)57(51,52)46-37-33-44(34-38-46)54-40-42-56-48(50)30-28-26-24-22-20-18-16-14-12-10-8-6-4-2/h31-38H,3-30,39-42H2,1-2H3. The van der Waals surface area contributed by atoms with Crippen molar-refractivity contribution in [2.75, 3.05) is 26.4 Å². The molecule has 0 saturated carbocycles. The van der Waals surface area contributed by atoms with Gasteiger partial charge in [-0.15, -0.1) is 0 Å². The van der Waals surface area contributed by atoms with Crippen molar-refractivity contribution < 1.29 is 37.0 Å². The van der Waals surface area contributed by atoms with Crippen molar-refractivity contribution >= 4 is 21.8 Å². The fourth-order valence-corrected chi connectivity index (χ4v) is 8.18. The molecule has 0 saturated heterocycles. The second-order valence-corrected chi connectivity index (χ2v) is 17.5. The number of unbranched alkanes of at least 4 members (excludes halogenated alkanes) is 24. The summed E-state index contributed by atoms with van der Waals surface area (Å²) in [5.41, 5.74) is 0. The van der Waals surface area contributed by atoms with E-state index in [4.69, 9.17) is 18.9 Å². The Bertz CT molecular complexity index is 1270. The third-order valence-corrected chi connectivity index (χ3v) is 12.3. The van der Waals surface area contributed by atoms with Gasteiger partial charge < -0.3 is 18.9 Å².